The van der Waals surface area contributed by atoms with Crippen LogP contribution < -0.4 is 5.32 Å². The maximum absolute atomic E-state index is 3.70. The van der Waals surface area contributed by atoms with E-state index in [0.29, 0.717) is 5.54 Å². The Bertz CT molecular complexity index is 472. The van der Waals surface area contributed by atoms with E-state index < -0.39 is 0 Å². The van der Waals surface area contributed by atoms with E-state index in [1.807, 2.05) is 0 Å². The molecule has 0 heterocycles. The second-order valence-corrected chi connectivity index (χ2v) is 7.86. The molecule has 21 heavy (non-hydrogen) atoms. The fraction of sp³-hybridized carbons (Fsp3) is 0.667. The molecule has 1 aromatic carbocycles. The number of nitrogens with one attached hydrogen (secondary N) is 1. The van der Waals surface area contributed by atoms with Crippen LogP contribution in [0, 0.1) is 12.8 Å². The molecule has 1 aromatic rings. The number of benzene rings is 1. The summed E-state index contributed by atoms with van der Waals surface area (Å²) in [6, 6.07) is 6.64. The molecule has 118 valence electrons. The van der Waals surface area contributed by atoms with Crippen LogP contribution >= 0.6 is 15.9 Å². The van der Waals surface area contributed by atoms with Crippen LogP contribution in [0.4, 0.5) is 0 Å². The smallest absolute Gasteiger partial charge is 0.0330 e. The minimum absolute atomic E-state index is 0.333. The first-order chi connectivity index (χ1) is 9.93. The Labute approximate surface area is 138 Å². The van der Waals surface area contributed by atoms with Crippen molar-refractivity contribution in [2.24, 2.45) is 5.92 Å². The van der Waals surface area contributed by atoms with Crippen molar-refractivity contribution in [3.05, 3.63) is 33.8 Å². The number of nitrogens with zero attached hydrogens (tertiary/aromatic N) is 1. The summed E-state index contributed by atoms with van der Waals surface area (Å²) in [5.74, 6) is 0.844. The second kappa shape index (κ2) is 7.26. The van der Waals surface area contributed by atoms with E-state index in [9.17, 15) is 0 Å². The second-order valence-electron chi connectivity index (χ2n) is 7.01. The standard InChI is InChI=1S/C18H29BrN2/c1-14-6-5-9-18(11-14,21(3)4)13-20-12-16-8-7-15(2)17(19)10-16/h7-8,10,14,20H,5-6,9,11-13H2,1-4H3. The predicted octanol–water partition coefficient (Wildman–Crippen LogP) is 4.36. The molecule has 2 nitrogen and oxygen atoms in total. The lowest BCUT2D eigenvalue weighted by molar-refractivity contribution is 0.0749. The average Bonchev–Trinajstić information content (AvgIpc) is 2.42. The minimum Gasteiger partial charge on any atom is -0.311 e. The van der Waals surface area contributed by atoms with Crippen LogP contribution in [0.3, 0.4) is 0 Å². The van der Waals surface area contributed by atoms with Crippen LogP contribution in [0.1, 0.15) is 43.7 Å². The van der Waals surface area contributed by atoms with Gasteiger partial charge in [-0.1, -0.05) is 47.8 Å². The van der Waals surface area contributed by atoms with Gasteiger partial charge in [-0.15, -0.1) is 0 Å². The van der Waals surface area contributed by atoms with Gasteiger partial charge in [-0.05, 0) is 57.0 Å². The van der Waals surface area contributed by atoms with Gasteiger partial charge in [0.15, 0.2) is 0 Å². The molecule has 0 aromatic heterocycles. The third-order valence-corrected chi connectivity index (χ3v) is 5.89. The first-order valence-corrected chi connectivity index (χ1v) is 8.85. The summed E-state index contributed by atoms with van der Waals surface area (Å²) in [5.41, 5.74) is 2.98. The van der Waals surface area contributed by atoms with E-state index in [2.05, 4.69) is 72.3 Å². The normalized spacial score (nSPS) is 26.3. The molecule has 1 saturated carbocycles. The summed E-state index contributed by atoms with van der Waals surface area (Å²) < 4.78 is 1.20. The van der Waals surface area contributed by atoms with E-state index in [4.69, 9.17) is 0 Å². The summed E-state index contributed by atoms with van der Waals surface area (Å²) in [5, 5.41) is 3.70. The van der Waals surface area contributed by atoms with Gasteiger partial charge in [0.1, 0.15) is 0 Å². The van der Waals surface area contributed by atoms with Crippen LogP contribution in [0.5, 0.6) is 0 Å². The first kappa shape index (κ1) is 17.0. The van der Waals surface area contributed by atoms with Crippen molar-refractivity contribution >= 4 is 15.9 Å². The maximum Gasteiger partial charge on any atom is 0.0330 e. The molecule has 3 heteroatoms. The zero-order valence-corrected chi connectivity index (χ0v) is 15.5. The molecule has 1 aliphatic rings. The summed E-state index contributed by atoms with van der Waals surface area (Å²) in [6.07, 6.45) is 5.37. The SMILES string of the molecule is Cc1ccc(CNCC2(N(C)C)CCCC(C)C2)cc1Br. The molecule has 0 radical (unpaired) electrons. The van der Waals surface area contributed by atoms with Gasteiger partial charge >= 0.3 is 0 Å². The van der Waals surface area contributed by atoms with Crippen molar-refractivity contribution in [3.63, 3.8) is 0 Å². The first-order valence-electron chi connectivity index (χ1n) is 8.06. The highest BCUT2D eigenvalue weighted by Crippen LogP contribution is 2.35. The summed E-state index contributed by atoms with van der Waals surface area (Å²) in [4.78, 5) is 2.45. The van der Waals surface area contributed by atoms with Gasteiger partial charge in [0.25, 0.3) is 0 Å². The largest absolute Gasteiger partial charge is 0.311 e. The van der Waals surface area contributed by atoms with Crippen LogP contribution in [-0.4, -0.2) is 31.1 Å². The molecular weight excluding hydrogens is 324 g/mol. The Balaban J connectivity index is 1.94. The van der Waals surface area contributed by atoms with Crippen molar-refractivity contribution in [1.82, 2.24) is 10.2 Å². The third kappa shape index (κ3) is 4.30. The van der Waals surface area contributed by atoms with Gasteiger partial charge in [-0.2, -0.15) is 0 Å². The van der Waals surface area contributed by atoms with Crippen LogP contribution in [-0.2, 0) is 6.54 Å². The number of aryl methyl sites for hydroxylation is 1. The fourth-order valence-corrected chi connectivity index (χ4v) is 3.97. The van der Waals surface area contributed by atoms with E-state index in [0.717, 1.165) is 19.0 Å². The van der Waals surface area contributed by atoms with Crippen LogP contribution in [0.25, 0.3) is 0 Å². The molecule has 1 N–H and O–H groups in total. The lowest BCUT2D eigenvalue weighted by Gasteiger charge is -2.45. The molecule has 1 aliphatic carbocycles. The molecule has 1 fully saturated rings. The Kier molecular flexibility index (Phi) is 5.87. The average molecular weight is 353 g/mol. The highest BCUT2D eigenvalue weighted by atomic mass is 79.9. The van der Waals surface area contributed by atoms with Crippen molar-refractivity contribution in [2.45, 2.75) is 51.6 Å². The van der Waals surface area contributed by atoms with E-state index in [1.165, 1.54) is 41.3 Å². The van der Waals surface area contributed by atoms with Crippen LogP contribution in [0.2, 0.25) is 0 Å². The molecule has 2 atom stereocenters. The zero-order valence-electron chi connectivity index (χ0n) is 13.9. The van der Waals surface area contributed by atoms with Crippen molar-refractivity contribution < 1.29 is 0 Å². The van der Waals surface area contributed by atoms with Gasteiger partial charge in [0.05, 0.1) is 0 Å². The van der Waals surface area contributed by atoms with Crippen molar-refractivity contribution in [1.29, 1.82) is 0 Å². The number of hydrogen-bond acceptors (Lipinski definition) is 2. The Morgan fingerprint density at radius 1 is 1.38 bits per heavy atom. The number of rotatable bonds is 5. The Morgan fingerprint density at radius 2 is 2.14 bits per heavy atom. The van der Waals surface area contributed by atoms with E-state index in [-0.39, 0.29) is 0 Å². The number of hydrogen-bond donors (Lipinski definition) is 1. The quantitative estimate of drug-likeness (QED) is 0.846. The van der Waals surface area contributed by atoms with Crippen molar-refractivity contribution in [2.75, 3.05) is 20.6 Å². The van der Waals surface area contributed by atoms with Gasteiger partial charge in [0, 0.05) is 23.1 Å². The van der Waals surface area contributed by atoms with Gasteiger partial charge in [0.2, 0.25) is 0 Å². The molecule has 2 unspecified atom stereocenters. The highest BCUT2D eigenvalue weighted by Gasteiger charge is 2.36. The number of likely N-dealkylation sites (N-methyl/N-ethyl adjacent to an activating group) is 1. The summed E-state index contributed by atoms with van der Waals surface area (Å²) in [6.45, 7) is 6.55. The van der Waals surface area contributed by atoms with Gasteiger partial charge in [-0.25, -0.2) is 0 Å². The lowest BCUT2D eigenvalue weighted by Crippen LogP contribution is -2.54. The van der Waals surface area contributed by atoms with E-state index in [1.54, 1.807) is 0 Å². The Morgan fingerprint density at radius 3 is 2.76 bits per heavy atom. The van der Waals surface area contributed by atoms with Crippen LogP contribution in [0.15, 0.2) is 22.7 Å². The monoisotopic (exact) mass is 352 g/mol. The third-order valence-electron chi connectivity index (χ3n) is 5.04. The molecule has 2 rings (SSSR count). The molecule has 0 bridgehead atoms. The molecule has 0 amide bonds. The highest BCUT2D eigenvalue weighted by molar-refractivity contribution is 9.10. The molecule has 0 spiro atoms. The summed E-state index contributed by atoms with van der Waals surface area (Å²) >= 11 is 3.62. The summed E-state index contributed by atoms with van der Waals surface area (Å²) in [7, 11) is 4.48. The fourth-order valence-electron chi connectivity index (χ4n) is 3.54. The van der Waals surface area contributed by atoms with Gasteiger partial charge < -0.3 is 10.2 Å². The predicted molar refractivity (Wildman–Crippen MR) is 94.6 cm³/mol. The molecular formula is C18H29BrN2. The molecule has 0 saturated heterocycles. The van der Waals surface area contributed by atoms with E-state index >= 15 is 0 Å². The minimum atomic E-state index is 0.333. The number of halogens is 1. The maximum atomic E-state index is 3.70. The van der Waals surface area contributed by atoms with Crippen molar-refractivity contribution in [3.8, 4) is 0 Å². The zero-order chi connectivity index (χ0) is 15.5. The molecule has 0 aliphatic heterocycles. The topological polar surface area (TPSA) is 15.3 Å². The van der Waals surface area contributed by atoms with Gasteiger partial charge in [-0.3, -0.25) is 0 Å². The Hall–Kier alpha value is -0.380. The lowest BCUT2D eigenvalue weighted by atomic mass is 9.75.